The number of hydrogen-bond donors (Lipinski definition) is 2. The van der Waals surface area contributed by atoms with Crippen LogP contribution in [0.4, 0.5) is 16.2 Å². The molecule has 0 unspecified atom stereocenters. The lowest BCUT2D eigenvalue weighted by molar-refractivity contribution is -0.385. The Morgan fingerprint density at radius 1 is 1.21 bits per heavy atom. The van der Waals surface area contributed by atoms with Crippen molar-refractivity contribution >= 4 is 23.6 Å². The number of hydrogen-bond acceptors (Lipinski definition) is 6. The summed E-state index contributed by atoms with van der Waals surface area (Å²) in [7, 11) is 0. The highest BCUT2D eigenvalue weighted by Gasteiger charge is 2.22. The monoisotopic (exact) mass is 328 g/mol. The van der Waals surface area contributed by atoms with E-state index in [1.165, 1.54) is 18.3 Å². The first kappa shape index (κ1) is 15.3. The standard InChI is InChI=1S/C15H12N4O5/c20-15(17-11-4-2-1-3-5-11)18-16-8-10-6-13-14(24-9-23-13)7-12(10)19(21)22/h1-8H,9H2,(H2,17,18,20)/b16-8+. The number of carbonyl (C=O) groups is 1. The molecule has 24 heavy (non-hydrogen) atoms. The third-order valence-corrected chi connectivity index (χ3v) is 3.12. The Balaban J connectivity index is 1.70. The summed E-state index contributed by atoms with van der Waals surface area (Å²) in [4.78, 5) is 22.2. The van der Waals surface area contributed by atoms with Gasteiger partial charge in [0.1, 0.15) is 0 Å². The molecule has 0 bridgehead atoms. The quantitative estimate of drug-likeness (QED) is 0.508. The maximum Gasteiger partial charge on any atom is 0.339 e. The summed E-state index contributed by atoms with van der Waals surface area (Å²) in [6.07, 6.45) is 1.17. The highest BCUT2D eigenvalue weighted by Crippen LogP contribution is 2.37. The van der Waals surface area contributed by atoms with Gasteiger partial charge in [0.25, 0.3) is 5.69 Å². The zero-order valence-corrected chi connectivity index (χ0v) is 12.3. The van der Waals surface area contributed by atoms with E-state index in [1.807, 2.05) is 6.07 Å². The van der Waals surface area contributed by atoms with Crippen LogP contribution in [-0.2, 0) is 0 Å². The van der Waals surface area contributed by atoms with Crippen molar-refractivity contribution in [2.45, 2.75) is 0 Å². The minimum atomic E-state index is -0.569. The number of amides is 2. The minimum absolute atomic E-state index is 0.00478. The molecule has 0 atom stereocenters. The molecule has 0 aliphatic carbocycles. The molecule has 0 spiro atoms. The molecule has 0 saturated carbocycles. The van der Waals surface area contributed by atoms with E-state index in [1.54, 1.807) is 24.3 Å². The summed E-state index contributed by atoms with van der Waals surface area (Å²) in [6, 6.07) is 10.9. The van der Waals surface area contributed by atoms with Crippen molar-refractivity contribution in [2.24, 2.45) is 5.10 Å². The highest BCUT2D eigenvalue weighted by molar-refractivity contribution is 5.91. The van der Waals surface area contributed by atoms with Crippen LogP contribution in [0.1, 0.15) is 5.56 Å². The Hall–Kier alpha value is -3.62. The molecule has 122 valence electrons. The second kappa shape index (κ2) is 6.65. The SMILES string of the molecule is O=C(N/N=C/c1cc2c(cc1[N+](=O)[O-])OCO2)Nc1ccccc1. The first-order valence-electron chi connectivity index (χ1n) is 6.86. The molecule has 2 aromatic rings. The number of hydrazone groups is 1. The van der Waals surface area contributed by atoms with Gasteiger partial charge in [0.05, 0.1) is 22.8 Å². The maximum atomic E-state index is 11.7. The van der Waals surface area contributed by atoms with E-state index in [4.69, 9.17) is 9.47 Å². The zero-order chi connectivity index (χ0) is 16.9. The Morgan fingerprint density at radius 3 is 2.62 bits per heavy atom. The van der Waals surface area contributed by atoms with Gasteiger partial charge < -0.3 is 14.8 Å². The topological polar surface area (TPSA) is 115 Å². The molecule has 1 aliphatic heterocycles. The van der Waals surface area contributed by atoms with Crippen molar-refractivity contribution in [1.82, 2.24) is 5.43 Å². The average Bonchev–Trinajstić information content (AvgIpc) is 3.02. The fourth-order valence-corrected chi connectivity index (χ4v) is 2.05. The van der Waals surface area contributed by atoms with Crippen LogP contribution >= 0.6 is 0 Å². The van der Waals surface area contributed by atoms with Crippen LogP contribution in [0.2, 0.25) is 0 Å². The third kappa shape index (κ3) is 3.40. The number of rotatable bonds is 4. The third-order valence-electron chi connectivity index (χ3n) is 3.12. The molecule has 0 aromatic heterocycles. The van der Waals surface area contributed by atoms with Crippen molar-refractivity contribution in [1.29, 1.82) is 0 Å². The minimum Gasteiger partial charge on any atom is -0.454 e. The van der Waals surface area contributed by atoms with Gasteiger partial charge in [-0.25, -0.2) is 10.2 Å². The summed E-state index contributed by atoms with van der Waals surface area (Å²) in [5.41, 5.74) is 2.82. The van der Waals surface area contributed by atoms with E-state index >= 15 is 0 Å². The molecule has 2 amide bonds. The Labute approximate surface area is 136 Å². The molecule has 0 radical (unpaired) electrons. The Kier molecular flexibility index (Phi) is 4.23. The molecule has 3 rings (SSSR count). The number of ether oxygens (including phenoxy) is 2. The number of anilines is 1. The molecule has 0 saturated heterocycles. The lowest BCUT2D eigenvalue weighted by atomic mass is 10.1. The van der Waals surface area contributed by atoms with Gasteiger partial charge in [-0.1, -0.05) is 18.2 Å². The van der Waals surface area contributed by atoms with Gasteiger partial charge in [0, 0.05) is 5.69 Å². The van der Waals surface area contributed by atoms with Crippen LogP contribution < -0.4 is 20.2 Å². The number of nitro benzene ring substituents is 1. The largest absolute Gasteiger partial charge is 0.454 e. The van der Waals surface area contributed by atoms with Crippen molar-refractivity contribution in [2.75, 3.05) is 12.1 Å². The van der Waals surface area contributed by atoms with Crippen LogP contribution in [0.25, 0.3) is 0 Å². The predicted molar refractivity (Wildman–Crippen MR) is 85.4 cm³/mol. The maximum absolute atomic E-state index is 11.7. The van der Waals surface area contributed by atoms with E-state index in [-0.39, 0.29) is 18.0 Å². The number of carbonyl (C=O) groups excluding carboxylic acids is 1. The number of nitrogens with one attached hydrogen (secondary N) is 2. The van der Waals surface area contributed by atoms with Crippen LogP contribution in [0.3, 0.4) is 0 Å². The number of urea groups is 1. The highest BCUT2D eigenvalue weighted by atomic mass is 16.7. The van der Waals surface area contributed by atoms with Gasteiger partial charge in [0.2, 0.25) is 6.79 Å². The molecule has 1 heterocycles. The van der Waals surface area contributed by atoms with Crippen molar-refractivity contribution in [3.05, 3.63) is 58.1 Å². The fraction of sp³-hybridized carbons (Fsp3) is 0.0667. The van der Waals surface area contributed by atoms with Crippen molar-refractivity contribution < 1.29 is 19.2 Å². The number of nitrogens with zero attached hydrogens (tertiary/aromatic N) is 2. The lowest BCUT2D eigenvalue weighted by Crippen LogP contribution is -2.24. The summed E-state index contributed by atoms with van der Waals surface area (Å²) in [5, 5.41) is 17.4. The van der Waals surface area contributed by atoms with E-state index < -0.39 is 11.0 Å². The van der Waals surface area contributed by atoms with Crippen molar-refractivity contribution in [3.63, 3.8) is 0 Å². The van der Waals surface area contributed by atoms with E-state index in [0.29, 0.717) is 17.2 Å². The van der Waals surface area contributed by atoms with Crippen molar-refractivity contribution in [3.8, 4) is 11.5 Å². The normalized spacial score (nSPS) is 12.2. The Bertz CT molecular complexity index is 807. The molecular weight excluding hydrogens is 316 g/mol. The van der Waals surface area contributed by atoms with Gasteiger partial charge in [-0.15, -0.1) is 0 Å². The number of benzene rings is 2. The molecule has 0 fully saturated rings. The van der Waals surface area contributed by atoms with Gasteiger partial charge in [-0.05, 0) is 18.2 Å². The number of fused-ring (bicyclic) bond motifs is 1. The molecule has 2 aromatic carbocycles. The fourth-order valence-electron chi connectivity index (χ4n) is 2.05. The first-order chi connectivity index (χ1) is 11.6. The van der Waals surface area contributed by atoms with E-state index in [2.05, 4.69) is 15.8 Å². The first-order valence-corrected chi connectivity index (χ1v) is 6.86. The summed E-state index contributed by atoms with van der Waals surface area (Å²) >= 11 is 0. The molecule has 2 N–H and O–H groups in total. The molecule has 9 nitrogen and oxygen atoms in total. The van der Waals surface area contributed by atoms with Crippen LogP contribution in [0.5, 0.6) is 11.5 Å². The predicted octanol–water partition coefficient (Wildman–Crippen LogP) is 2.48. The molecular formula is C15H12N4O5. The second-order valence-corrected chi connectivity index (χ2v) is 4.71. The lowest BCUT2D eigenvalue weighted by Gasteiger charge is -2.03. The summed E-state index contributed by atoms with van der Waals surface area (Å²) in [6.45, 7) is 0.00478. The summed E-state index contributed by atoms with van der Waals surface area (Å²) < 4.78 is 10.3. The second-order valence-electron chi connectivity index (χ2n) is 4.71. The van der Waals surface area contributed by atoms with Gasteiger partial charge in [-0.2, -0.15) is 5.10 Å². The van der Waals surface area contributed by atoms with Gasteiger partial charge >= 0.3 is 6.03 Å². The summed E-state index contributed by atoms with van der Waals surface area (Å²) in [5.74, 6) is 0.685. The smallest absolute Gasteiger partial charge is 0.339 e. The van der Waals surface area contributed by atoms with E-state index in [0.717, 1.165) is 0 Å². The van der Waals surface area contributed by atoms with Gasteiger partial charge in [0.15, 0.2) is 11.5 Å². The molecule has 9 heteroatoms. The van der Waals surface area contributed by atoms with Crippen LogP contribution in [-0.4, -0.2) is 24.0 Å². The number of nitro groups is 1. The average molecular weight is 328 g/mol. The zero-order valence-electron chi connectivity index (χ0n) is 12.3. The Morgan fingerprint density at radius 2 is 1.92 bits per heavy atom. The molecule has 1 aliphatic rings. The van der Waals surface area contributed by atoms with Gasteiger partial charge in [-0.3, -0.25) is 10.1 Å². The number of para-hydroxylation sites is 1. The van der Waals surface area contributed by atoms with E-state index in [9.17, 15) is 14.9 Å². The van der Waals surface area contributed by atoms with Crippen LogP contribution in [0.15, 0.2) is 47.6 Å². The van der Waals surface area contributed by atoms with Crippen LogP contribution in [0, 0.1) is 10.1 Å².